The van der Waals surface area contributed by atoms with Crippen molar-refractivity contribution in [2.75, 3.05) is 5.75 Å². The molecule has 26 heavy (non-hydrogen) atoms. The van der Waals surface area contributed by atoms with Gasteiger partial charge in [-0.1, -0.05) is 23.9 Å². The van der Waals surface area contributed by atoms with E-state index in [-0.39, 0.29) is 17.3 Å². The maximum absolute atomic E-state index is 11.9. The lowest BCUT2D eigenvalue weighted by atomic mass is 10.1. The number of non-ortho nitro benzene ring substituents is 1. The third-order valence-corrected chi connectivity index (χ3v) is 4.43. The molecule has 0 unspecified atom stereocenters. The average molecular weight is 369 g/mol. The number of nitrogens with one attached hydrogen (secondary N) is 2. The first-order chi connectivity index (χ1) is 12.5. The molecule has 132 valence electrons. The first kappa shape index (κ1) is 17.6. The fourth-order valence-corrected chi connectivity index (χ4v) is 2.88. The Bertz CT molecular complexity index is 948. The van der Waals surface area contributed by atoms with Crippen LogP contribution in [0.5, 0.6) is 0 Å². The van der Waals surface area contributed by atoms with Gasteiger partial charge in [0.1, 0.15) is 0 Å². The van der Waals surface area contributed by atoms with Crippen molar-refractivity contribution < 1.29 is 9.72 Å². The first-order valence-electron chi connectivity index (χ1n) is 7.68. The molecule has 3 aromatic rings. The van der Waals surface area contributed by atoms with Crippen molar-refractivity contribution in [3.05, 3.63) is 64.2 Å². The van der Waals surface area contributed by atoms with Gasteiger partial charge in [-0.3, -0.25) is 14.9 Å². The van der Waals surface area contributed by atoms with Crippen LogP contribution in [0.3, 0.4) is 0 Å². The number of thioether (sulfide) groups is 1. The number of amides is 1. The monoisotopic (exact) mass is 369 g/mol. The maximum Gasteiger partial charge on any atom is 0.269 e. The highest BCUT2D eigenvalue weighted by molar-refractivity contribution is 7.99. The van der Waals surface area contributed by atoms with Crippen LogP contribution in [-0.4, -0.2) is 32.3 Å². The van der Waals surface area contributed by atoms with Crippen LogP contribution in [0.15, 0.2) is 58.8 Å². The van der Waals surface area contributed by atoms with Crippen LogP contribution in [0, 0.1) is 10.1 Å². The number of rotatable bonds is 6. The van der Waals surface area contributed by atoms with Gasteiger partial charge >= 0.3 is 0 Å². The van der Waals surface area contributed by atoms with Crippen molar-refractivity contribution >= 4 is 40.1 Å². The predicted octanol–water partition coefficient (Wildman–Crippen LogP) is 3.10. The largest absolute Gasteiger partial charge is 0.333 e. The van der Waals surface area contributed by atoms with Crippen LogP contribution < -0.4 is 5.43 Å². The van der Waals surface area contributed by atoms with Gasteiger partial charge in [0.15, 0.2) is 5.16 Å². The highest BCUT2D eigenvalue weighted by Crippen LogP contribution is 2.18. The second kappa shape index (κ2) is 7.79. The van der Waals surface area contributed by atoms with Crippen LogP contribution in [-0.2, 0) is 4.79 Å². The van der Waals surface area contributed by atoms with Gasteiger partial charge < -0.3 is 4.98 Å². The van der Waals surface area contributed by atoms with E-state index in [2.05, 4.69) is 20.5 Å². The van der Waals surface area contributed by atoms with Crippen molar-refractivity contribution in [2.45, 2.75) is 12.1 Å². The zero-order valence-corrected chi connectivity index (χ0v) is 14.6. The molecule has 0 spiro atoms. The van der Waals surface area contributed by atoms with E-state index in [9.17, 15) is 14.9 Å². The average Bonchev–Trinajstić information content (AvgIpc) is 3.07. The molecule has 0 saturated carbocycles. The minimum Gasteiger partial charge on any atom is -0.333 e. The number of hydrogen-bond donors (Lipinski definition) is 2. The number of fused-ring (bicyclic) bond motifs is 1. The number of carbonyl (C=O) groups excluding carboxylic acids is 1. The Balaban J connectivity index is 1.55. The summed E-state index contributed by atoms with van der Waals surface area (Å²) in [5, 5.41) is 15.3. The molecule has 0 aliphatic heterocycles. The topological polar surface area (TPSA) is 113 Å². The molecule has 8 nitrogen and oxygen atoms in total. The fourth-order valence-electron chi connectivity index (χ4n) is 2.20. The van der Waals surface area contributed by atoms with Gasteiger partial charge in [0.05, 0.1) is 27.4 Å². The zero-order valence-electron chi connectivity index (χ0n) is 13.8. The van der Waals surface area contributed by atoms with E-state index in [4.69, 9.17) is 0 Å². The number of nitro groups is 1. The molecular formula is C17H15N5O3S. The molecule has 0 atom stereocenters. The molecule has 1 heterocycles. The summed E-state index contributed by atoms with van der Waals surface area (Å²) < 4.78 is 0. The van der Waals surface area contributed by atoms with E-state index >= 15 is 0 Å². The second-order valence-corrected chi connectivity index (χ2v) is 6.35. The van der Waals surface area contributed by atoms with Crippen molar-refractivity contribution in [3.8, 4) is 0 Å². The number of hydrazone groups is 1. The fraction of sp³-hybridized carbons (Fsp3) is 0.118. The van der Waals surface area contributed by atoms with Gasteiger partial charge in [-0.2, -0.15) is 5.10 Å². The first-order valence-corrected chi connectivity index (χ1v) is 8.67. The molecule has 9 heteroatoms. The smallest absolute Gasteiger partial charge is 0.269 e. The number of nitro benzene ring substituents is 1. The number of benzene rings is 2. The summed E-state index contributed by atoms with van der Waals surface area (Å²) in [4.78, 5) is 29.7. The zero-order chi connectivity index (χ0) is 18.5. The highest BCUT2D eigenvalue weighted by atomic mass is 32.2. The number of aromatic amines is 1. The summed E-state index contributed by atoms with van der Waals surface area (Å²) in [5.74, 6) is -0.103. The number of para-hydroxylation sites is 2. The molecule has 3 rings (SSSR count). The minimum absolute atomic E-state index is 0.00724. The summed E-state index contributed by atoms with van der Waals surface area (Å²) >= 11 is 1.28. The Labute approximate surface area is 152 Å². The van der Waals surface area contributed by atoms with Crippen molar-refractivity contribution in [2.24, 2.45) is 5.10 Å². The highest BCUT2D eigenvalue weighted by Gasteiger charge is 2.08. The van der Waals surface area contributed by atoms with Crippen molar-refractivity contribution in [1.29, 1.82) is 0 Å². The van der Waals surface area contributed by atoms with E-state index in [1.807, 2.05) is 24.3 Å². The Kier molecular flexibility index (Phi) is 5.28. The summed E-state index contributed by atoms with van der Waals surface area (Å²) in [6.45, 7) is 1.72. The molecule has 0 fully saturated rings. The quantitative estimate of drug-likeness (QED) is 0.300. The molecular weight excluding hydrogens is 354 g/mol. The van der Waals surface area contributed by atoms with Gasteiger partial charge in [0.2, 0.25) is 0 Å². The molecule has 0 aliphatic carbocycles. The van der Waals surface area contributed by atoms with Crippen LogP contribution >= 0.6 is 11.8 Å². The van der Waals surface area contributed by atoms with Gasteiger partial charge in [0, 0.05) is 12.1 Å². The SMILES string of the molecule is C/C(=N\NC(=O)CSc1nc2ccccc2[nH]1)c1ccc([N+](=O)[O-])cc1. The molecule has 0 aliphatic rings. The Morgan fingerprint density at radius 3 is 2.69 bits per heavy atom. The lowest BCUT2D eigenvalue weighted by Crippen LogP contribution is -2.21. The maximum atomic E-state index is 11.9. The normalized spacial score (nSPS) is 11.5. The predicted molar refractivity (Wildman–Crippen MR) is 100 cm³/mol. The summed E-state index contributed by atoms with van der Waals surface area (Å²) in [6, 6.07) is 13.6. The molecule has 0 bridgehead atoms. The standard InChI is InChI=1S/C17H15N5O3S/c1-11(12-6-8-13(9-7-12)22(24)25)20-21-16(23)10-26-17-18-14-4-2-3-5-15(14)19-17/h2-9H,10H2,1H3,(H,18,19)(H,21,23)/b20-11+. The number of imidazole rings is 1. The molecule has 0 saturated heterocycles. The van der Waals surface area contributed by atoms with Gasteiger partial charge in [0.25, 0.3) is 11.6 Å². The van der Waals surface area contributed by atoms with Gasteiger partial charge in [-0.15, -0.1) is 0 Å². The van der Waals surface area contributed by atoms with Crippen LogP contribution in [0.4, 0.5) is 5.69 Å². The van der Waals surface area contributed by atoms with Crippen LogP contribution in [0.2, 0.25) is 0 Å². The lowest BCUT2D eigenvalue weighted by molar-refractivity contribution is -0.384. The van der Waals surface area contributed by atoms with Gasteiger partial charge in [-0.05, 0) is 36.8 Å². The Morgan fingerprint density at radius 2 is 2.00 bits per heavy atom. The molecule has 1 aromatic heterocycles. The number of aromatic nitrogens is 2. The lowest BCUT2D eigenvalue weighted by Gasteiger charge is -2.02. The van der Waals surface area contributed by atoms with E-state index in [0.29, 0.717) is 16.4 Å². The third-order valence-electron chi connectivity index (χ3n) is 3.55. The second-order valence-electron chi connectivity index (χ2n) is 5.38. The summed E-state index contributed by atoms with van der Waals surface area (Å²) in [6.07, 6.45) is 0. The molecule has 1 amide bonds. The van der Waals surface area contributed by atoms with E-state index in [0.717, 1.165) is 11.0 Å². The van der Waals surface area contributed by atoms with Crippen molar-refractivity contribution in [3.63, 3.8) is 0 Å². The van der Waals surface area contributed by atoms with E-state index < -0.39 is 4.92 Å². The van der Waals surface area contributed by atoms with Gasteiger partial charge in [-0.25, -0.2) is 10.4 Å². The molecule has 2 aromatic carbocycles. The van der Waals surface area contributed by atoms with Crippen LogP contribution in [0.1, 0.15) is 12.5 Å². The number of nitrogens with zero attached hydrogens (tertiary/aromatic N) is 3. The minimum atomic E-state index is -0.465. The third kappa shape index (κ3) is 4.25. The Morgan fingerprint density at radius 1 is 1.27 bits per heavy atom. The number of H-pyrrole nitrogens is 1. The number of hydrogen-bond acceptors (Lipinski definition) is 6. The number of carbonyl (C=O) groups is 1. The summed E-state index contributed by atoms with van der Waals surface area (Å²) in [7, 11) is 0. The molecule has 0 radical (unpaired) electrons. The van der Waals surface area contributed by atoms with E-state index in [1.54, 1.807) is 19.1 Å². The van der Waals surface area contributed by atoms with Crippen molar-refractivity contribution in [1.82, 2.24) is 15.4 Å². The van der Waals surface area contributed by atoms with Crippen LogP contribution in [0.25, 0.3) is 11.0 Å². The Hall–Kier alpha value is -3.20. The summed E-state index contributed by atoms with van der Waals surface area (Å²) in [5.41, 5.74) is 5.50. The molecule has 2 N–H and O–H groups in total. The van der Waals surface area contributed by atoms with E-state index in [1.165, 1.54) is 23.9 Å².